The van der Waals surface area contributed by atoms with Crippen molar-refractivity contribution in [2.24, 2.45) is 5.73 Å². The number of nitrogens with two attached hydrogens (primary N) is 1. The topological polar surface area (TPSA) is 66.6 Å². The smallest absolute Gasteiger partial charge is 0.408 e. The lowest BCUT2D eigenvalue weighted by Crippen LogP contribution is -2.44. The van der Waals surface area contributed by atoms with E-state index in [2.05, 4.69) is 0 Å². The molecule has 1 amide bonds. The lowest BCUT2D eigenvalue weighted by atomic mass is 10.0. The Morgan fingerprint density at radius 1 is 1.37 bits per heavy atom. The molecule has 0 spiro atoms. The zero-order chi connectivity index (χ0) is 14.6. The minimum Gasteiger partial charge on any atom is -0.465 e. The quantitative estimate of drug-likeness (QED) is 0.878. The highest BCUT2D eigenvalue weighted by molar-refractivity contribution is 5.66. The van der Waals surface area contributed by atoms with Crippen molar-refractivity contribution in [1.29, 1.82) is 0 Å². The fourth-order valence-electron chi connectivity index (χ4n) is 2.00. The zero-order valence-corrected chi connectivity index (χ0v) is 12.2. The molecule has 0 bridgehead atoms. The van der Waals surface area contributed by atoms with Crippen LogP contribution in [0.25, 0.3) is 0 Å². The summed E-state index contributed by atoms with van der Waals surface area (Å²) < 4.78 is 0. The molecule has 1 unspecified atom stereocenters. The lowest BCUT2D eigenvalue weighted by molar-refractivity contribution is 0.0955. The maximum atomic E-state index is 11.3. The van der Waals surface area contributed by atoms with Crippen LogP contribution in [0.3, 0.4) is 0 Å². The first-order valence-corrected chi connectivity index (χ1v) is 6.54. The van der Waals surface area contributed by atoms with E-state index in [1.165, 1.54) is 4.90 Å². The van der Waals surface area contributed by atoms with Crippen molar-refractivity contribution >= 4 is 6.09 Å². The Kier molecular flexibility index (Phi) is 4.95. The van der Waals surface area contributed by atoms with Gasteiger partial charge in [-0.15, -0.1) is 0 Å². The van der Waals surface area contributed by atoms with E-state index in [0.29, 0.717) is 6.54 Å². The number of nitrogens with zero attached hydrogens (tertiary/aromatic N) is 1. The number of benzene rings is 1. The van der Waals surface area contributed by atoms with Gasteiger partial charge in [-0.25, -0.2) is 4.79 Å². The largest absolute Gasteiger partial charge is 0.465 e. The highest BCUT2D eigenvalue weighted by atomic mass is 16.4. The molecule has 1 atom stereocenters. The summed E-state index contributed by atoms with van der Waals surface area (Å²) in [7, 11) is 0. The molecule has 0 radical (unpaired) electrons. The van der Waals surface area contributed by atoms with Crippen LogP contribution in [0.1, 0.15) is 38.8 Å². The molecule has 1 rings (SSSR count). The van der Waals surface area contributed by atoms with Gasteiger partial charge in [0.2, 0.25) is 0 Å². The first-order valence-electron chi connectivity index (χ1n) is 6.54. The predicted octanol–water partition coefficient (Wildman–Crippen LogP) is 2.85. The fraction of sp³-hybridized carbons (Fsp3) is 0.533. The number of carboxylic acid groups (broad SMARTS) is 1. The van der Waals surface area contributed by atoms with E-state index < -0.39 is 11.6 Å². The molecule has 0 saturated heterocycles. The van der Waals surface area contributed by atoms with E-state index in [9.17, 15) is 9.90 Å². The van der Waals surface area contributed by atoms with Crippen LogP contribution in [0, 0.1) is 0 Å². The Bertz CT molecular complexity index is 436. The second-order valence-corrected chi connectivity index (χ2v) is 6.04. The molecule has 3 N–H and O–H groups in total. The second-order valence-electron chi connectivity index (χ2n) is 6.04. The minimum atomic E-state index is -0.898. The summed E-state index contributed by atoms with van der Waals surface area (Å²) in [6, 6.07) is 8.07. The molecule has 106 valence electrons. The Balaban J connectivity index is 2.88. The van der Waals surface area contributed by atoms with E-state index in [1.54, 1.807) is 0 Å². The van der Waals surface area contributed by atoms with Crippen molar-refractivity contribution in [1.82, 2.24) is 4.90 Å². The third-order valence-electron chi connectivity index (χ3n) is 2.93. The third-order valence-corrected chi connectivity index (χ3v) is 2.93. The minimum absolute atomic E-state index is 0.105. The van der Waals surface area contributed by atoms with Crippen LogP contribution in [-0.4, -0.2) is 27.7 Å². The molecule has 4 heteroatoms. The van der Waals surface area contributed by atoms with Crippen molar-refractivity contribution < 1.29 is 9.90 Å². The third kappa shape index (κ3) is 4.91. The number of hydrogen-bond donors (Lipinski definition) is 2. The summed E-state index contributed by atoms with van der Waals surface area (Å²) in [6.45, 7) is 8.05. The molecule has 0 aliphatic carbocycles. The molecular formula is C15H24N2O2. The van der Waals surface area contributed by atoms with Gasteiger partial charge in [0.25, 0.3) is 0 Å². The molecule has 19 heavy (non-hydrogen) atoms. The van der Waals surface area contributed by atoms with Gasteiger partial charge in [0, 0.05) is 18.1 Å². The maximum Gasteiger partial charge on any atom is 0.408 e. The number of amides is 1. The van der Waals surface area contributed by atoms with Crippen molar-refractivity contribution in [3.05, 3.63) is 35.4 Å². The standard InChI is InChI=1S/C15H24N2O2/c1-11(16)8-12-6-5-7-13(9-12)10-17(14(18)19)15(2,3)4/h5-7,9,11H,8,10,16H2,1-4H3,(H,18,19). The van der Waals surface area contributed by atoms with Gasteiger partial charge in [0.05, 0.1) is 0 Å². The molecule has 1 aromatic carbocycles. The van der Waals surface area contributed by atoms with E-state index in [4.69, 9.17) is 5.73 Å². The number of hydrogen-bond acceptors (Lipinski definition) is 2. The van der Waals surface area contributed by atoms with Crippen LogP contribution in [0.2, 0.25) is 0 Å². The molecule has 0 aliphatic rings. The van der Waals surface area contributed by atoms with Crippen molar-refractivity contribution in [3.8, 4) is 0 Å². The van der Waals surface area contributed by atoms with Gasteiger partial charge in [0.1, 0.15) is 0 Å². The van der Waals surface area contributed by atoms with Crippen molar-refractivity contribution in [3.63, 3.8) is 0 Å². The predicted molar refractivity (Wildman–Crippen MR) is 77.1 cm³/mol. The molecular weight excluding hydrogens is 240 g/mol. The molecule has 0 fully saturated rings. The Labute approximate surface area is 115 Å². The highest BCUT2D eigenvalue weighted by Crippen LogP contribution is 2.18. The van der Waals surface area contributed by atoms with E-state index >= 15 is 0 Å². The van der Waals surface area contributed by atoms with Crippen LogP contribution in [-0.2, 0) is 13.0 Å². The molecule has 0 aromatic heterocycles. The molecule has 0 aliphatic heterocycles. The van der Waals surface area contributed by atoms with E-state index in [-0.39, 0.29) is 6.04 Å². The average molecular weight is 264 g/mol. The van der Waals surface area contributed by atoms with Gasteiger partial charge in [-0.2, -0.15) is 0 Å². The lowest BCUT2D eigenvalue weighted by Gasteiger charge is -2.33. The summed E-state index contributed by atoms with van der Waals surface area (Å²) in [5, 5.41) is 9.29. The molecule has 0 heterocycles. The van der Waals surface area contributed by atoms with Crippen LogP contribution in [0.4, 0.5) is 4.79 Å². The van der Waals surface area contributed by atoms with Gasteiger partial charge >= 0.3 is 6.09 Å². The monoisotopic (exact) mass is 264 g/mol. The molecule has 0 saturated carbocycles. The van der Waals surface area contributed by atoms with E-state index in [0.717, 1.165) is 17.5 Å². The summed E-state index contributed by atoms with van der Waals surface area (Å²) in [5.41, 5.74) is 7.52. The second kappa shape index (κ2) is 6.06. The van der Waals surface area contributed by atoms with Gasteiger partial charge in [-0.3, -0.25) is 4.90 Å². The zero-order valence-electron chi connectivity index (χ0n) is 12.2. The highest BCUT2D eigenvalue weighted by Gasteiger charge is 2.25. The summed E-state index contributed by atoms with van der Waals surface area (Å²) in [4.78, 5) is 12.8. The Morgan fingerprint density at radius 3 is 2.42 bits per heavy atom. The van der Waals surface area contributed by atoms with Gasteiger partial charge in [0.15, 0.2) is 0 Å². The van der Waals surface area contributed by atoms with Gasteiger partial charge in [-0.05, 0) is 45.2 Å². The maximum absolute atomic E-state index is 11.3. The van der Waals surface area contributed by atoms with Crippen molar-refractivity contribution in [2.45, 2.75) is 52.2 Å². The first kappa shape index (κ1) is 15.5. The summed E-state index contributed by atoms with van der Waals surface area (Å²) >= 11 is 0. The van der Waals surface area contributed by atoms with E-state index in [1.807, 2.05) is 52.0 Å². The van der Waals surface area contributed by atoms with Crippen molar-refractivity contribution in [2.75, 3.05) is 0 Å². The van der Waals surface area contributed by atoms with Crippen LogP contribution < -0.4 is 5.73 Å². The molecule has 1 aromatic rings. The van der Waals surface area contributed by atoms with Gasteiger partial charge in [-0.1, -0.05) is 24.3 Å². The fourth-order valence-corrected chi connectivity index (χ4v) is 2.00. The Hall–Kier alpha value is -1.55. The normalized spacial score (nSPS) is 13.1. The first-order chi connectivity index (χ1) is 8.70. The van der Waals surface area contributed by atoms with Gasteiger partial charge < -0.3 is 10.8 Å². The SMILES string of the molecule is CC(N)Cc1cccc(CN(C(=O)O)C(C)(C)C)c1. The van der Waals surface area contributed by atoms with Crippen LogP contribution >= 0.6 is 0 Å². The number of rotatable bonds is 4. The average Bonchev–Trinajstić information content (AvgIpc) is 2.23. The summed E-state index contributed by atoms with van der Waals surface area (Å²) in [6.07, 6.45) is -0.0960. The summed E-state index contributed by atoms with van der Waals surface area (Å²) in [5.74, 6) is 0. The molecule has 4 nitrogen and oxygen atoms in total. The Morgan fingerprint density at radius 2 is 1.95 bits per heavy atom. The number of carbonyl (C=O) groups is 1. The van der Waals surface area contributed by atoms with Crippen LogP contribution in [0.15, 0.2) is 24.3 Å². The van der Waals surface area contributed by atoms with Crippen LogP contribution in [0.5, 0.6) is 0 Å².